The third kappa shape index (κ3) is 4.88. The maximum atomic E-state index is 13.0. The Hall–Kier alpha value is -3.72. The van der Waals surface area contributed by atoms with Crippen LogP contribution in [-0.4, -0.2) is 54.8 Å². The molecular weight excluding hydrogens is 424 g/mol. The number of methoxy groups -OCH3 is 1. The van der Waals surface area contributed by atoms with Crippen LogP contribution in [0.2, 0.25) is 0 Å². The number of likely N-dealkylation sites (tertiary alicyclic amines) is 1. The molecule has 9 nitrogen and oxygen atoms in total. The lowest BCUT2D eigenvalue weighted by atomic mass is 9.95. The smallest absolute Gasteiger partial charge is 0.269 e. The Morgan fingerprint density at radius 2 is 1.73 bits per heavy atom. The first kappa shape index (κ1) is 22.5. The molecule has 0 unspecified atom stereocenters. The van der Waals surface area contributed by atoms with E-state index in [1.54, 1.807) is 48.5 Å². The van der Waals surface area contributed by atoms with Crippen LogP contribution >= 0.6 is 0 Å². The molecular formula is C24H26N4O5. The van der Waals surface area contributed by atoms with Crippen LogP contribution < -0.4 is 20.5 Å². The molecule has 2 heterocycles. The van der Waals surface area contributed by atoms with Gasteiger partial charge in [-0.1, -0.05) is 18.2 Å². The van der Waals surface area contributed by atoms with Crippen molar-refractivity contribution in [2.75, 3.05) is 25.1 Å². The second kappa shape index (κ2) is 9.83. The average Bonchev–Trinajstić information content (AvgIpc) is 3.16. The maximum absolute atomic E-state index is 13.0. The number of benzene rings is 2. The van der Waals surface area contributed by atoms with Gasteiger partial charge in [-0.3, -0.25) is 34.9 Å². The van der Waals surface area contributed by atoms with Crippen LogP contribution in [0.15, 0.2) is 54.6 Å². The first-order valence-electron chi connectivity index (χ1n) is 10.9. The number of hydrogen-bond donors (Lipinski definition) is 2. The lowest BCUT2D eigenvalue weighted by Crippen LogP contribution is -2.52. The van der Waals surface area contributed by atoms with Crippen molar-refractivity contribution >= 4 is 29.3 Å². The number of imide groups is 1. The molecule has 33 heavy (non-hydrogen) atoms. The summed E-state index contributed by atoms with van der Waals surface area (Å²) in [6, 6.07) is 14.8. The normalized spacial score (nSPS) is 21.1. The Morgan fingerprint density at radius 1 is 1.00 bits per heavy atom. The number of nitrogens with one attached hydrogen (secondary N) is 2. The van der Waals surface area contributed by atoms with E-state index in [-0.39, 0.29) is 24.1 Å². The minimum atomic E-state index is -0.581. The number of anilines is 1. The molecule has 0 aliphatic carbocycles. The molecule has 172 valence electrons. The van der Waals surface area contributed by atoms with Gasteiger partial charge in [0.1, 0.15) is 5.75 Å². The molecule has 0 spiro atoms. The van der Waals surface area contributed by atoms with Gasteiger partial charge in [-0.25, -0.2) is 4.90 Å². The van der Waals surface area contributed by atoms with Gasteiger partial charge in [0.25, 0.3) is 11.8 Å². The van der Waals surface area contributed by atoms with E-state index in [9.17, 15) is 19.2 Å². The highest BCUT2D eigenvalue weighted by Crippen LogP contribution is 2.28. The molecule has 2 aliphatic heterocycles. The summed E-state index contributed by atoms with van der Waals surface area (Å²) in [4.78, 5) is 53.7. The zero-order valence-electron chi connectivity index (χ0n) is 18.3. The van der Waals surface area contributed by atoms with Crippen LogP contribution in [-0.2, 0) is 14.4 Å². The molecule has 2 fully saturated rings. The van der Waals surface area contributed by atoms with E-state index in [0.717, 1.165) is 0 Å². The molecule has 0 aromatic heterocycles. The van der Waals surface area contributed by atoms with Crippen LogP contribution in [0.25, 0.3) is 0 Å². The van der Waals surface area contributed by atoms with Crippen LogP contribution in [0.1, 0.15) is 29.6 Å². The summed E-state index contributed by atoms with van der Waals surface area (Å²) in [6.07, 6.45) is 1.45. The Morgan fingerprint density at radius 3 is 2.42 bits per heavy atom. The van der Waals surface area contributed by atoms with Crippen LogP contribution in [0.4, 0.5) is 5.69 Å². The molecule has 2 aromatic rings. The summed E-state index contributed by atoms with van der Waals surface area (Å²) in [5.41, 5.74) is 5.87. The Balaban J connectivity index is 1.34. The van der Waals surface area contributed by atoms with E-state index < -0.39 is 17.9 Å². The van der Waals surface area contributed by atoms with E-state index in [1.807, 2.05) is 11.0 Å². The summed E-state index contributed by atoms with van der Waals surface area (Å²) in [7, 11) is 1.54. The van der Waals surface area contributed by atoms with E-state index in [1.165, 1.54) is 12.0 Å². The molecule has 0 saturated carbocycles. The van der Waals surface area contributed by atoms with Gasteiger partial charge in [-0.15, -0.1) is 0 Å². The van der Waals surface area contributed by atoms with Crippen molar-refractivity contribution in [3.8, 4) is 5.75 Å². The van der Waals surface area contributed by atoms with Crippen LogP contribution in [0.5, 0.6) is 5.75 Å². The number of hydrogen-bond acceptors (Lipinski definition) is 6. The highest BCUT2D eigenvalue weighted by Gasteiger charge is 2.44. The van der Waals surface area contributed by atoms with Gasteiger partial charge in [-0.2, -0.15) is 0 Å². The quantitative estimate of drug-likeness (QED) is 0.528. The molecule has 0 bridgehead atoms. The molecule has 4 rings (SSSR count). The number of rotatable bonds is 5. The first-order chi connectivity index (χ1) is 16.0. The topological polar surface area (TPSA) is 108 Å². The van der Waals surface area contributed by atoms with E-state index in [0.29, 0.717) is 42.9 Å². The lowest BCUT2D eigenvalue weighted by molar-refractivity contribution is -0.130. The molecule has 2 aromatic carbocycles. The molecule has 2 atom stereocenters. The van der Waals surface area contributed by atoms with Crippen molar-refractivity contribution in [3.63, 3.8) is 0 Å². The van der Waals surface area contributed by atoms with Crippen molar-refractivity contribution in [1.29, 1.82) is 0 Å². The van der Waals surface area contributed by atoms with Gasteiger partial charge in [0.15, 0.2) is 0 Å². The van der Waals surface area contributed by atoms with Gasteiger partial charge in [0.2, 0.25) is 11.8 Å². The zero-order valence-corrected chi connectivity index (χ0v) is 18.3. The Kier molecular flexibility index (Phi) is 6.69. The van der Waals surface area contributed by atoms with Crippen molar-refractivity contribution in [1.82, 2.24) is 15.8 Å². The fourth-order valence-electron chi connectivity index (χ4n) is 4.29. The number of ether oxygens (including phenoxy) is 1. The summed E-state index contributed by atoms with van der Waals surface area (Å²) < 4.78 is 5.07. The molecule has 9 heteroatoms. The van der Waals surface area contributed by atoms with Gasteiger partial charge >= 0.3 is 0 Å². The minimum absolute atomic E-state index is 0.0935. The Bertz CT molecular complexity index is 1040. The third-order valence-corrected chi connectivity index (χ3v) is 6.05. The van der Waals surface area contributed by atoms with Gasteiger partial charge in [0.05, 0.1) is 31.2 Å². The summed E-state index contributed by atoms with van der Waals surface area (Å²) in [6.45, 7) is 0.977. The van der Waals surface area contributed by atoms with Gasteiger partial charge < -0.3 is 4.74 Å². The molecule has 2 N–H and O–H groups in total. The van der Waals surface area contributed by atoms with Crippen LogP contribution in [0.3, 0.4) is 0 Å². The van der Waals surface area contributed by atoms with Crippen molar-refractivity contribution in [2.24, 2.45) is 5.92 Å². The predicted molar refractivity (Wildman–Crippen MR) is 120 cm³/mol. The number of nitrogens with zero attached hydrogens (tertiary/aromatic N) is 2. The average molecular weight is 450 g/mol. The fraction of sp³-hybridized carbons (Fsp3) is 0.333. The molecule has 2 aliphatic rings. The van der Waals surface area contributed by atoms with E-state index in [2.05, 4.69) is 10.9 Å². The number of carbonyl (C=O) groups excluding carboxylic acids is 4. The molecule has 0 radical (unpaired) electrons. The lowest BCUT2D eigenvalue weighted by Gasteiger charge is -2.34. The standard InChI is InChI=1S/C24H26N4O5/c1-33-19-11-9-16(10-12-19)22(30)25-26-23(31)17-6-5-13-27(15-17)20-14-21(29)28(24(20)32)18-7-3-2-4-8-18/h2-4,7-12,17,20H,5-6,13-15H2,1H3,(H,25,30)(H,26,31)/t17-,20-/m1/s1. The number of piperidine rings is 1. The zero-order chi connectivity index (χ0) is 23.4. The second-order valence-electron chi connectivity index (χ2n) is 8.13. The van der Waals surface area contributed by atoms with E-state index >= 15 is 0 Å². The van der Waals surface area contributed by atoms with Gasteiger partial charge in [-0.05, 0) is 55.8 Å². The predicted octanol–water partition coefficient (Wildman–Crippen LogP) is 1.50. The van der Waals surface area contributed by atoms with Crippen LogP contribution in [0, 0.1) is 5.92 Å². The summed E-state index contributed by atoms with van der Waals surface area (Å²) in [5, 5.41) is 0. The highest BCUT2D eigenvalue weighted by molar-refractivity contribution is 6.22. The molecule has 4 amide bonds. The molecule has 2 saturated heterocycles. The second-order valence-corrected chi connectivity index (χ2v) is 8.13. The summed E-state index contributed by atoms with van der Waals surface area (Å²) in [5.74, 6) is -1.03. The first-order valence-corrected chi connectivity index (χ1v) is 10.9. The van der Waals surface area contributed by atoms with Crippen molar-refractivity contribution < 1.29 is 23.9 Å². The van der Waals surface area contributed by atoms with Crippen molar-refractivity contribution in [3.05, 3.63) is 60.2 Å². The van der Waals surface area contributed by atoms with Crippen molar-refractivity contribution in [2.45, 2.75) is 25.3 Å². The highest BCUT2D eigenvalue weighted by atomic mass is 16.5. The van der Waals surface area contributed by atoms with Gasteiger partial charge in [0, 0.05) is 12.1 Å². The van der Waals surface area contributed by atoms with E-state index in [4.69, 9.17) is 4.74 Å². The third-order valence-electron chi connectivity index (χ3n) is 6.05. The fourth-order valence-corrected chi connectivity index (χ4v) is 4.29. The largest absolute Gasteiger partial charge is 0.497 e. The number of para-hydroxylation sites is 1. The Labute approximate surface area is 191 Å². The summed E-state index contributed by atoms with van der Waals surface area (Å²) >= 11 is 0. The number of amides is 4. The SMILES string of the molecule is COc1ccc(C(=O)NNC(=O)[C@@H]2CCCN([C@@H]3CC(=O)N(c4ccccc4)C3=O)C2)cc1. The minimum Gasteiger partial charge on any atom is -0.497 e. The number of hydrazine groups is 1. The maximum Gasteiger partial charge on any atom is 0.269 e. The monoisotopic (exact) mass is 450 g/mol. The number of carbonyl (C=O) groups is 4.